The summed E-state index contributed by atoms with van der Waals surface area (Å²) in [5, 5.41) is 4.37. The van der Waals surface area contributed by atoms with Crippen LogP contribution in [0.1, 0.15) is 0 Å². The summed E-state index contributed by atoms with van der Waals surface area (Å²) in [6, 6.07) is 44.8. The molecule has 0 saturated heterocycles. The Kier molecular flexibility index (Phi) is 7.93. The fraction of sp³-hybridized carbons (Fsp3) is 0. The van der Waals surface area contributed by atoms with Crippen LogP contribution in [0.5, 0.6) is 0 Å². The number of aromatic nitrogens is 3. The van der Waals surface area contributed by atoms with E-state index in [9.17, 15) is 0 Å². The van der Waals surface area contributed by atoms with Crippen molar-refractivity contribution in [2.24, 2.45) is 0 Å². The van der Waals surface area contributed by atoms with Crippen molar-refractivity contribution in [3.05, 3.63) is 133 Å². The second-order valence-electron chi connectivity index (χ2n) is 13.4. The van der Waals surface area contributed by atoms with Gasteiger partial charge in [-0.3, -0.25) is 0 Å². The van der Waals surface area contributed by atoms with Crippen LogP contribution >= 0.6 is 11.3 Å². The molecule has 0 amide bonds. The summed E-state index contributed by atoms with van der Waals surface area (Å²) >= 11 is 1.80. The first-order valence-electron chi connectivity index (χ1n) is 17.6. The van der Waals surface area contributed by atoms with Gasteiger partial charge >= 0.3 is 0 Å². The molecule has 55 heavy (non-hydrogen) atoms. The lowest BCUT2D eigenvalue weighted by atomic mass is 9.59. The molecule has 10 radical (unpaired) electrons. The van der Waals surface area contributed by atoms with Gasteiger partial charge in [-0.25, -0.2) is 15.0 Å². The Morgan fingerprint density at radius 2 is 1.00 bits per heavy atom. The van der Waals surface area contributed by atoms with Gasteiger partial charge in [0.1, 0.15) is 50.4 Å². The van der Waals surface area contributed by atoms with Gasteiger partial charge in [0.25, 0.3) is 0 Å². The molecule has 10 heteroatoms. The average molecular weight is 707 g/mol. The van der Waals surface area contributed by atoms with Crippen molar-refractivity contribution in [2.45, 2.75) is 0 Å². The minimum absolute atomic E-state index is 0.162. The quantitative estimate of drug-likeness (QED) is 0.194. The molecule has 10 aromatic rings. The van der Waals surface area contributed by atoms with Gasteiger partial charge in [-0.2, -0.15) is 0 Å². The number of fused-ring (bicyclic) bond motifs is 6. The number of nitrogens with zero attached hydrogens (tertiary/aromatic N) is 3. The zero-order chi connectivity index (χ0) is 37.4. The number of rotatable bonds is 5. The van der Waals surface area contributed by atoms with Crippen molar-refractivity contribution in [2.75, 3.05) is 0 Å². The summed E-state index contributed by atoms with van der Waals surface area (Å²) in [7, 11) is 31.5. The van der Waals surface area contributed by atoms with Crippen molar-refractivity contribution in [1.29, 1.82) is 0 Å². The highest BCUT2D eigenvalue weighted by atomic mass is 32.1. The number of hydrogen-bond donors (Lipinski definition) is 0. The molecular formula is C45H22B5N3OS. The Labute approximate surface area is 327 Å². The summed E-state index contributed by atoms with van der Waals surface area (Å²) in [6.07, 6.45) is 0. The summed E-state index contributed by atoms with van der Waals surface area (Å²) in [6.45, 7) is 0. The number of furan rings is 1. The molecule has 3 aromatic heterocycles. The van der Waals surface area contributed by atoms with Gasteiger partial charge < -0.3 is 4.42 Å². The number of hydrogen-bond acceptors (Lipinski definition) is 5. The van der Waals surface area contributed by atoms with Crippen LogP contribution in [0.4, 0.5) is 0 Å². The van der Waals surface area contributed by atoms with E-state index >= 15 is 0 Å². The van der Waals surface area contributed by atoms with E-state index in [0.29, 0.717) is 34.2 Å². The van der Waals surface area contributed by atoms with Gasteiger partial charge in [-0.1, -0.05) is 126 Å². The van der Waals surface area contributed by atoms with E-state index in [1.807, 2.05) is 72.8 Å². The summed E-state index contributed by atoms with van der Waals surface area (Å²) in [5.74, 6) is 1.48. The zero-order valence-electron chi connectivity index (χ0n) is 29.2. The van der Waals surface area contributed by atoms with E-state index in [1.165, 1.54) is 20.2 Å². The second-order valence-corrected chi connectivity index (χ2v) is 14.5. The Hall–Kier alpha value is -6.11. The van der Waals surface area contributed by atoms with Crippen molar-refractivity contribution in [3.63, 3.8) is 0 Å². The normalized spacial score (nSPS) is 11.6. The lowest BCUT2D eigenvalue weighted by molar-refractivity contribution is 0.670. The van der Waals surface area contributed by atoms with E-state index in [4.69, 9.17) is 58.6 Å². The van der Waals surface area contributed by atoms with Crippen LogP contribution in [0.25, 0.3) is 98.5 Å². The lowest BCUT2D eigenvalue weighted by Crippen LogP contribution is -2.55. The van der Waals surface area contributed by atoms with Crippen LogP contribution in [-0.4, -0.2) is 54.2 Å². The molecule has 0 fully saturated rings. The predicted molar refractivity (Wildman–Crippen MR) is 234 cm³/mol. The minimum Gasteiger partial charge on any atom is -0.455 e. The Bertz CT molecular complexity index is 3150. The third-order valence-corrected chi connectivity index (χ3v) is 11.5. The van der Waals surface area contributed by atoms with Gasteiger partial charge in [0.05, 0.1) is 0 Å². The third kappa shape index (κ3) is 5.38. The highest BCUT2D eigenvalue weighted by Crippen LogP contribution is 2.44. The molecule has 0 spiro atoms. The zero-order valence-corrected chi connectivity index (χ0v) is 30.1. The Balaban J connectivity index is 1.18. The summed E-state index contributed by atoms with van der Waals surface area (Å²) in [4.78, 5) is 15.2. The van der Waals surface area contributed by atoms with E-state index in [2.05, 4.69) is 60.7 Å². The molecule has 10 rings (SSSR count). The molecule has 7 aromatic carbocycles. The van der Waals surface area contributed by atoms with Crippen molar-refractivity contribution >= 4 is 120 Å². The SMILES string of the molecule is [B]c1c([B])c([B])c(-c2cccc(-c3nc(-c4ccccc4)nc(-c4cccc5oc6c(-c7cccc8c7sc7ccccc78)cccc6c45)n3)c2)c([B])c1[B]. The first-order valence-corrected chi connectivity index (χ1v) is 18.5. The largest absolute Gasteiger partial charge is 0.455 e. The van der Waals surface area contributed by atoms with Gasteiger partial charge in [0, 0.05) is 58.8 Å². The first kappa shape index (κ1) is 33.5. The Morgan fingerprint density at radius 3 is 1.80 bits per heavy atom. The smallest absolute Gasteiger partial charge is 0.164 e. The molecule has 0 aliphatic carbocycles. The van der Waals surface area contributed by atoms with Crippen LogP contribution in [-0.2, 0) is 0 Å². The van der Waals surface area contributed by atoms with E-state index in [1.54, 1.807) is 11.3 Å². The minimum atomic E-state index is 0.162. The van der Waals surface area contributed by atoms with E-state index in [0.717, 1.165) is 44.2 Å². The molecule has 244 valence electrons. The second kappa shape index (κ2) is 13.0. The van der Waals surface area contributed by atoms with Gasteiger partial charge in [-0.15, -0.1) is 27.7 Å². The summed E-state index contributed by atoms with van der Waals surface area (Å²) < 4.78 is 9.22. The van der Waals surface area contributed by atoms with E-state index < -0.39 is 0 Å². The maximum absolute atomic E-state index is 6.75. The average Bonchev–Trinajstić information content (AvgIpc) is 3.81. The highest BCUT2D eigenvalue weighted by molar-refractivity contribution is 7.26. The van der Waals surface area contributed by atoms with Gasteiger partial charge in [-0.05, 0) is 29.3 Å². The van der Waals surface area contributed by atoms with Crippen molar-refractivity contribution in [3.8, 4) is 56.4 Å². The highest BCUT2D eigenvalue weighted by Gasteiger charge is 2.21. The van der Waals surface area contributed by atoms with Crippen molar-refractivity contribution in [1.82, 2.24) is 15.0 Å². The molecule has 0 aliphatic heterocycles. The van der Waals surface area contributed by atoms with Crippen LogP contribution in [0.2, 0.25) is 0 Å². The van der Waals surface area contributed by atoms with Gasteiger partial charge in [0.2, 0.25) is 0 Å². The molecule has 0 bridgehead atoms. The molecule has 4 nitrogen and oxygen atoms in total. The van der Waals surface area contributed by atoms with Gasteiger partial charge in [0.15, 0.2) is 17.5 Å². The van der Waals surface area contributed by atoms with Crippen LogP contribution in [0.3, 0.4) is 0 Å². The fourth-order valence-electron chi connectivity index (χ4n) is 7.52. The predicted octanol–water partition coefficient (Wildman–Crippen LogP) is 6.44. The molecule has 0 saturated carbocycles. The number of benzene rings is 7. The summed E-state index contributed by atoms with van der Waals surface area (Å²) in [5.41, 5.74) is 8.31. The standard InChI is InChI=1S/C45H22B5N3OS/c46-36-34(37(47)39(49)40(50)38(36)48)24-12-6-13-25(22-24)44-51-43(23-10-2-1-3-11-23)52-45(53-44)31-19-9-20-32-35(31)30-18-7-15-27(41(30)54-32)29-17-8-16-28-26-14-4-5-21-33(26)55-42(28)29/h1-22H. The maximum Gasteiger partial charge on any atom is 0.164 e. The molecule has 0 aliphatic rings. The number of para-hydroxylation sites is 1. The van der Waals surface area contributed by atoms with Crippen LogP contribution in [0.15, 0.2) is 138 Å². The van der Waals surface area contributed by atoms with Crippen LogP contribution < -0.4 is 27.3 Å². The Morgan fingerprint density at radius 1 is 0.436 bits per heavy atom. The fourth-order valence-corrected chi connectivity index (χ4v) is 8.75. The topological polar surface area (TPSA) is 51.8 Å². The van der Waals surface area contributed by atoms with Crippen molar-refractivity contribution < 1.29 is 4.42 Å². The maximum atomic E-state index is 6.75. The monoisotopic (exact) mass is 707 g/mol. The molecule has 0 unspecified atom stereocenters. The van der Waals surface area contributed by atoms with Crippen LogP contribution in [0, 0.1) is 0 Å². The molecular weight excluding hydrogens is 685 g/mol. The third-order valence-electron chi connectivity index (χ3n) is 10.2. The first-order chi connectivity index (χ1) is 26.9. The molecule has 0 atom stereocenters. The van der Waals surface area contributed by atoms with E-state index in [-0.39, 0.29) is 27.3 Å². The lowest BCUT2D eigenvalue weighted by Gasteiger charge is -2.21. The molecule has 0 N–H and O–H groups in total. The number of thiophene rings is 1. The molecule has 3 heterocycles.